The van der Waals surface area contributed by atoms with Gasteiger partial charge in [0.2, 0.25) is 0 Å². The minimum atomic E-state index is -1.02. The molecule has 1 rings (SSSR count). The summed E-state index contributed by atoms with van der Waals surface area (Å²) >= 11 is 0. The monoisotopic (exact) mass is 283 g/mol. The van der Waals surface area contributed by atoms with Gasteiger partial charge in [0, 0.05) is 26.1 Å². The van der Waals surface area contributed by atoms with Crippen LogP contribution in [0.2, 0.25) is 0 Å². The van der Waals surface area contributed by atoms with Crippen LogP contribution in [0.3, 0.4) is 0 Å². The van der Waals surface area contributed by atoms with E-state index < -0.39 is 5.97 Å². The van der Waals surface area contributed by atoms with Crippen LogP contribution < -0.4 is 5.32 Å². The maximum Gasteiger partial charge on any atom is 0.323 e. The highest BCUT2D eigenvalue weighted by Crippen LogP contribution is 2.03. The van der Waals surface area contributed by atoms with Gasteiger partial charge in [-0.2, -0.15) is 5.10 Å². The Kier molecular flexibility index (Phi) is 5.95. The second-order valence-electron chi connectivity index (χ2n) is 4.60. The van der Waals surface area contributed by atoms with E-state index in [0.717, 1.165) is 0 Å². The Bertz CT molecular complexity index is 460. The third kappa shape index (κ3) is 4.87. The van der Waals surface area contributed by atoms with Crippen molar-refractivity contribution in [1.82, 2.24) is 25.0 Å². The second-order valence-corrected chi connectivity index (χ2v) is 4.60. The number of amides is 2. The van der Waals surface area contributed by atoms with Crippen LogP contribution in [0.1, 0.15) is 26.1 Å². The summed E-state index contributed by atoms with van der Waals surface area (Å²) < 4.78 is 1.59. The van der Waals surface area contributed by atoms with E-state index in [1.807, 2.05) is 13.8 Å². The lowest BCUT2D eigenvalue weighted by Gasteiger charge is -2.26. The van der Waals surface area contributed by atoms with Crippen molar-refractivity contribution in [1.29, 1.82) is 0 Å². The number of nitrogens with one attached hydrogen (secondary N) is 1. The van der Waals surface area contributed by atoms with Gasteiger partial charge in [0.15, 0.2) is 5.82 Å². The molecule has 1 atom stereocenters. The fraction of sp³-hybridized carbons (Fsp3) is 0.667. The average Bonchev–Trinajstić information content (AvgIpc) is 2.80. The highest BCUT2D eigenvalue weighted by molar-refractivity contribution is 5.80. The largest absolute Gasteiger partial charge is 0.480 e. The highest BCUT2D eigenvalue weighted by Gasteiger charge is 2.21. The molecule has 0 aliphatic heterocycles. The third-order valence-electron chi connectivity index (χ3n) is 2.96. The van der Waals surface area contributed by atoms with Gasteiger partial charge >= 0.3 is 12.0 Å². The topological polar surface area (TPSA) is 100 Å². The summed E-state index contributed by atoms with van der Waals surface area (Å²) in [5, 5.41) is 15.6. The Labute approximate surface area is 117 Å². The molecule has 2 amide bonds. The molecule has 1 aromatic heterocycles. The zero-order valence-electron chi connectivity index (χ0n) is 12.0. The number of hydrogen-bond acceptors (Lipinski definition) is 4. The van der Waals surface area contributed by atoms with E-state index in [2.05, 4.69) is 15.4 Å². The molecule has 0 aliphatic carbocycles. The molecule has 20 heavy (non-hydrogen) atoms. The minimum Gasteiger partial charge on any atom is -0.480 e. The number of hydrogen-bond donors (Lipinski definition) is 2. The highest BCUT2D eigenvalue weighted by atomic mass is 16.4. The van der Waals surface area contributed by atoms with Crippen molar-refractivity contribution >= 4 is 12.0 Å². The predicted molar refractivity (Wildman–Crippen MR) is 72.2 cm³/mol. The molecular formula is C12H21N5O3. The van der Waals surface area contributed by atoms with E-state index in [1.165, 1.54) is 4.90 Å². The van der Waals surface area contributed by atoms with Crippen LogP contribution >= 0.6 is 0 Å². The number of carbonyl (C=O) groups is 2. The van der Waals surface area contributed by atoms with Gasteiger partial charge in [-0.3, -0.25) is 9.48 Å². The number of carboxylic acids is 1. The van der Waals surface area contributed by atoms with E-state index in [1.54, 1.807) is 18.1 Å². The summed E-state index contributed by atoms with van der Waals surface area (Å²) in [6.07, 6.45) is 2.80. The molecule has 1 aromatic rings. The van der Waals surface area contributed by atoms with Crippen molar-refractivity contribution in [3.8, 4) is 0 Å². The molecule has 0 aromatic carbocycles. The summed E-state index contributed by atoms with van der Waals surface area (Å²) in [6, 6.07) is -0.503. The fourth-order valence-electron chi connectivity index (χ4n) is 1.68. The summed E-state index contributed by atoms with van der Waals surface area (Å²) in [7, 11) is 1.77. The van der Waals surface area contributed by atoms with Crippen LogP contribution in [0.4, 0.5) is 4.79 Å². The first-order valence-electron chi connectivity index (χ1n) is 6.54. The molecule has 1 unspecified atom stereocenters. The number of nitrogens with zero attached hydrogens (tertiary/aromatic N) is 4. The van der Waals surface area contributed by atoms with Crippen LogP contribution in [0.5, 0.6) is 0 Å². The SMILES string of the molecule is CCC(C)N(CC(=O)O)C(=O)NCCc1ncn(C)n1. The standard InChI is InChI=1S/C12H21N5O3/c1-4-9(2)17(7-11(18)19)12(20)13-6-5-10-14-8-16(3)15-10/h8-9H,4-7H2,1-3H3,(H,13,20)(H,18,19). The van der Waals surface area contributed by atoms with Crippen LogP contribution in [-0.4, -0.2) is 55.9 Å². The molecule has 0 bridgehead atoms. The lowest BCUT2D eigenvalue weighted by atomic mass is 10.2. The molecule has 2 N–H and O–H groups in total. The van der Waals surface area contributed by atoms with Gasteiger partial charge in [-0.05, 0) is 13.3 Å². The van der Waals surface area contributed by atoms with Crippen LogP contribution in [0.25, 0.3) is 0 Å². The van der Waals surface area contributed by atoms with Crippen LogP contribution in [0.15, 0.2) is 6.33 Å². The quantitative estimate of drug-likeness (QED) is 0.747. The van der Waals surface area contributed by atoms with Crippen LogP contribution in [0, 0.1) is 0 Å². The maximum atomic E-state index is 12.0. The third-order valence-corrected chi connectivity index (χ3v) is 2.96. The van der Waals surface area contributed by atoms with E-state index in [0.29, 0.717) is 25.2 Å². The van der Waals surface area contributed by atoms with E-state index in [-0.39, 0.29) is 18.6 Å². The Balaban J connectivity index is 2.47. The second kappa shape index (κ2) is 7.46. The van der Waals surface area contributed by atoms with Crippen molar-refractivity contribution in [3.05, 3.63) is 12.2 Å². The van der Waals surface area contributed by atoms with Gasteiger partial charge in [0.25, 0.3) is 0 Å². The number of carboxylic acid groups (broad SMARTS) is 1. The lowest BCUT2D eigenvalue weighted by Crippen LogP contribution is -2.47. The first-order chi connectivity index (χ1) is 9.43. The molecule has 112 valence electrons. The lowest BCUT2D eigenvalue weighted by molar-refractivity contribution is -0.138. The molecule has 0 spiro atoms. The number of aromatic nitrogens is 3. The molecule has 0 aliphatic rings. The minimum absolute atomic E-state index is 0.126. The maximum absolute atomic E-state index is 12.0. The fourth-order valence-corrected chi connectivity index (χ4v) is 1.68. The first-order valence-corrected chi connectivity index (χ1v) is 6.54. The number of aryl methyl sites for hydroxylation is 1. The Hall–Kier alpha value is -2.12. The summed E-state index contributed by atoms with van der Waals surface area (Å²) in [5.74, 6) is -0.382. The molecule has 0 saturated carbocycles. The summed E-state index contributed by atoms with van der Waals surface area (Å²) in [5.41, 5.74) is 0. The molecule has 1 heterocycles. The zero-order chi connectivity index (χ0) is 15.1. The van der Waals surface area contributed by atoms with Crippen molar-refractivity contribution in [3.63, 3.8) is 0 Å². The summed E-state index contributed by atoms with van der Waals surface area (Å²) in [6.45, 7) is 3.80. The predicted octanol–water partition coefficient (Wildman–Crippen LogP) is 0.252. The average molecular weight is 283 g/mol. The van der Waals surface area contributed by atoms with E-state index >= 15 is 0 Å². The van der Waals surface area contributed by atoms with E-state index in [4.69, 9.17) is 5.11 Å². The smallest absolute Gasteiger partial charge is 0.323 e. The summed E-state index contributed by atoms with van der Waals surface area (Å²) in [4.78, 5) is 28.1. The van der Waals surface area contributed by atoms with Gasteiger partial charge in [-0.15, -0.1) is 0 Å². The number of rotatable bonds is 7. The van der Waals surface area contributed by atoms with Gasteiger partial charge in [0.05, 0.1) is 0 Å². The van der Waals surface area contributed by atoms with Gasteiger partial charge in [-0.1, -0.05) is 6.92 Å². The Morgan fingerprint density at radius 1 is 1.55 bits per heavy atom. The molecule has 0 saturated heterocycles. The first kappa shape index (κ1) is 15.9. The molecule has 0 fully saturated rings. The van der Waals surface area contributed by atoms with Gasteiger partial charge in [-0.25, -0.2) is 9.78 Å². The number of aliphatic carboxylic acids is 1. The van der Waals surface area contributed by atoms with Crippen LogP contribution in [-0.2, 0) is 18.3 Å². The molecule has 0 radical (unpaired) electrons. The molecular weight excluding hydrogens is 262 g/mol. The number of urea groups is 1. The Morgan fingerprint density at radius 3 is 2.75 bits per heavy atom. The number of carbonyl (C=O) groups excluding carboxylic acids is 1. The van der Waals surface area contributed by atoms with Crippen molar-refractivity contribution in [2.24, 2.45) is 7.05 Å². The molecule has 8 heteroatoms. The zero-order valence-corrected chi connectivity index (χ0v) is 12.0. The van der Waals surface area contributed by atoms with Crippen molar-refractivity contribution in [2.45, 2.75) is 32.7 Å². The molecule has 8 nitrogen and oxygen atoms in total. The Morgan fingerprint density at radius 2 is 2.25 bits per heavy atom. The normalized spacial score (nSPS) is 11.9. The van der Waals surface area contributed by atoms with Gasteiger partial charge < -0.3 is 15.3 Å². The van der Waals surface area contributed by atoms with Crippen molar-refractivity contribution in [2.75, 3.05) is 13.1 Å². The van der Waals surface area contributed by atoms with Gasteiger partial charge in [0.1, 0.15) is 12.9 Å². The van der Waals surface area contributed by atoms with E-state index in [9.17, 15) is 9.59 Å². The van der Waals surface area contributed by atoms with Crippen molar-refractivity contribution < 1.29 is 14.7 Å².